The van der Waals surface area contributed by atoms with Crippen molar-refractivity contribution in [3.63, 3.8) is 0 Å². The van der Waals surface area contributed by atoms with E-state index in [0.717, 1.165) is 21.2 Å². The highest BCUT2D eigenvalue weighted by atomic mass is 32.2. The average molecular weight is 584 g/mol. The highest BCUT2D eigenvalue weighted by Gasteiger charge is 2.42. The zero-order valence-corrected chi connectivity index (χ0v) is 24.8. The Kier molecular flexibility index (Phi) is 7.81. The first-order valence-corrected chi connectivity index (χ1v) is 15.3. The first kappa shape index (κ1) is 27.5. The molecule has 1 saturated heterocycles. The molecule has 0 amide bonds. The van der Waals surface area contributed by atoms with E-state index in [0.29, 0.717) is 11.2 Å². The van der Waals surface area contributed by atoms with E-state index in [1.54, 1.807) is 23.9 Å². The van der Waals surface area contributed by atoms with Crippen LogP contribution in [0, 0.1) is 24.0 Å². The molecular weight excluding hydrogens is 551 g/mol. The second-order valence-corrected chi connectivity index (χ2v) is 12.4. The van der Waals surface area contributed by atoms with E-state index in [1.807, 2.05) is 18.3 Å². The molecule has 6 rings (SSSR count). The minimum absolute atomic E-state index is 0.0471. The third kappa shape index (κ3) is 5.48. The van der Waals surface area contributed by atoms with Crippen molar-refractivity contribution in [2.45, 2.75) is 73.9 Å². The molecule has 9 heteroatoms. The van der Waals surface area contributed by atoms with E-state index in [4.69, 9.17) is 17.2 Å². The number of benzene rings is 2. The Morgan fingerprint density at radius 3 is 2.29 bits per heavy atom. The predicted octanol–water partition coefficient (Wildman–Crippen LogP) is 8.24. The van der Waals surface area contributed by atoms with Crippen molar-refractivity contribution in [1.29, 1.82) is 0 Å². The van der Waals surface area contributed by atoms with Crippen LogP contribution in [-0.2, 0) is 0 Å². The molecule has 4 aromatic rings. The molecule has 7 nitrogen and oxygen atoms in total. The summed E-state index contributed by atoms with van der Waals surface area (Å²) in [5, 5.41) is 15.3. The second kappa shape index (κ2) is 11.7. The van der Waals surface area contributed by atoms with E-state index in [2.05, 4.69) is 65.0 Å². The summed E-state index contributed by atoms with van der Waals surface area (Å²) in [4.78, 5) is 19.6. The fraction of sp³-hybridized carbons (Fsp3) is 0.312. The molecule has 1 aliphatic carbocycles. The number of non-ortho nitro benzene ring substituents is 1. The number of anilines is 1. The number of hydrogen-bond donors (Lipinski definition) is 1. The Morgan fingerprint density at radius 1 is 0.976 bits per heavy atom. The van der Waals surface area contributed by atoms with Crippen molar-refractivity contribution in [2.75, 3.05) is 4.90 Å². The molecule has 3 heterocycles. The summed E-state index contributed by atoms with van der Waals surface area (Å²) in [6.45, 7) is 4.49. The Bertz CT molecular complexity index is 1550. The van der Waals surface area contributed by atoms with Gasteiger partial charge in [0.05, 0.1) is 22.7 Å². The molecule has 0 unspecified atom stereocenters. The first-order chi connectivity index (χ1) is 19.9. The van der Waals surface area contributed by atoms with Crippen LogP contribution in [-0.4, -0.2) is 19.6 Å². The van der Waals surface area contributed by atoms with Gasteiger partial charge in [0.25, 0.3) is 5.69 Å². The van der Waals surface area contributed by atoms with Gasteiger partial charge in [0.15, 0.2) is 5.11 Å². The van der Waals surface area contributed by atoms with E-state index in [1.165, 1.54) is 61.2 Å². The highest BCUT2D eigenvalue weighted by molar-refractivity contribution is 7.99. The van der Waals surface area contributed by atoms with E-state index in [9.17, 15) is 10.1 Å². The van der Waals surface area contributed by atoms with Gasteiger partial charge in [-0.05, 0) is 99.1 Å². The number of nitro benzene ring substituents is 1. The second-order valence-electron chi connectivity index (χ2n) is 10.8. The van der Waals surface area contributed by atoms with Gasteiger partial charge in [-0.2, -0.15) is 0 Å². The van der Waals surface area contributed by atoms with Gasteiger partial charge in [0.2, 0.25) is 0 Å². The highest BCUT2D eigenvalue weighted by Crippen LogP contribution is 2.45. The average Bonchev–Trinajstić information content (AvgIpc) is 3.49. The van der Waals surface area contributed by atoms with Crippen LogP contribution in [0.5, 0.6) is 0 Å². The maximum atomic E-state index is 11.0. The van der Waals surface area contributed by atoms with Crippen LogP contribution >= 0.6 is 24.0 Å². The molecule has 0 radical (unpaired) electrons. The van der Waals surface area contributed by atoms with E-state index in [-0.39, 0.29) is 22.7 Å². The first-order valence-electron chi connectivity index (χ1n) is 14.1. The van der Waals surface area contributed by atoms with E-state index >= 15 is 0 Å². The molecule has 0 spiro atoms. The number of nitrogens with one attached hydrogen (secondary N) is 1. The minimum Gasteiger partial charge on any atom is -0.351 e. The van der Waals surface area contributed by atoms with Gasteiger partial charge in [0.1, 0.15) is 0 Å². The molecule has 210 valence electrons. The van der Waals surface area contributed by atoms with Gasteiger partial charge < -0.3 is 14.8 Å². The number of nitrogens with zero attached hydrogens (tertiary/aromatic N) is 4. The van der Waals surface area contributed by atoms with Gasteiger partial charge in [-0.1, -0.05) is 37.1 Å². The monoisotopic (exact) mass is 583 g/mol. The van der Waals surface area contributed by atoms with Crippen LogP contribution in [0.15, 0.2) is 88.8 Å². The Hall–Kier alpha value is -3.69. The molecule has 2 aromatic heterocycles. The summed E-state index contributed by atoms with van der Waals surface area (Å²) in [6, 6.07) is 23.8. The van der Waals surface area contributed by atoms with Crippen molar-refractivity contribution in [3.05, 3.63) is 112 Å². The fourth-order valence-electron chi connectivity index (χ4n) is 6.40. The molecular formula is C32H33N5O2S2. The summed E-state index contributed by atoms with van der Waals surface area (Å²) >= 11 is 7.55. The van der Waals surface area contributed by atoms with Crippen molar-refractivity contribution < 1.29 is 4.92 Å². The molecule has 1 aliphatic heterocycles. The number of pyridine rings is 1. The lowest BCUT2D eigenvalue weighted by molar-refractivity contribution is -0.384. The van der Waals surface area contributed by atoms with Crippen molar-refractivity contribution in [3.8, 4) is 0 Å². The van der Waals surface area contributed by atoms with Crippen LogP contribution < -0.4 is 10.2 Å². The molecule has 2 aromatic carbocycles. The summed E-state index contributed by atoms with van der Waals surface area (Å²) < 4.78 is 2.56. The van der Waals surface area contributed by atoms with Crippen LogP contribution in [0.4, 0.5) is 11.4 Å². The number of hydrogen-bond acceptors (Lipinski definition) is 5. The maximum Gasteiger partial charge on any atom is 0.269 e. The van der Waals surface area contributed by atoms with Crippen molar-refractivity contribution in [1.82, 2.24) is 14.9 Å². The lowest BCUT2D eigenvalue weighted by Crippen LogP contribution is -2.29. The molecule has 1 N–H and O–H groups in total. The van der Waals surface area contributed by atoms with Gasteiger partial charge in [-0.3, -0.25) is 15.1 Å². The molecule has 2 fully saturated rings. The van der Waals surface area contributed by atoms with Gasteiger partial charge in [0, 0.05) is 51.2 Å². The fourth-order valence-corrected chi connectivity index (χ4v) is 7.56. The predicted molar refractivity (Wildman–Crippen MR) is 168 cm³/mol. The Labute approximate surface area is 250 Å². The van der Waals surface area contributed by atoms with Gasteiger partial charge in [-0.15, -0.1) is 0 Å². The third-order valence-corrected chi connectivity index (χ3v) is 9.61. The number of thiocarbonyl (C=S) groups is 1. The summed E-state index contributed by atoms with van der Waals surface area (Å²) in [5.74, 6) is 0. The standard InChI is InChI=1S/C32H33N5O2S2/c1-21-20-28(22(2)35(21)23-8-4-3-5-9-23)31-30(29-10-6-7-19-33-29)34-32(40)36(31)24-11-15-26(16-12-24)41-27-17-13-25(14-18-27)37(38)39/h6-7,10-20,23,30-31H,3-5,8-9H2,1-2H3,(H,34,40)/t30-,31-/m1/s1. The molecule has 0 bridgehead atoms. The Balaban J connectivity index is 1.34. The molecule has 2 atom stereocenters. The smallest absolute Gasteiger partial charge is 0.269 e. The number of aryl methyl sites for hydroxylation is 1. The SMILES string of the molecule is Cc1cc([C@@H]2[C@@H](c3ccccn3)NC(=S)N2c2ccc(Sc3ccc([N+](=O)[O-])cc3)cc2)c(C)n1C1CCCCC1. The number of aromatic nitrogens is 2. The topological polar surface area (TPSA) is 76.2 Å². The lowest BCUT2D eigenvalue weighted by atomic mass is 9.94. The molecule has 1 saturated carbocycles. The van der Waals surface area contributed by atoms with Gasteiger partial charge in [-0.25, -0.2) is 0 Å². The van der Waals surface area contributed by atoms with Crippen LogP contribution in [0.3, 0.4) is 0 Å². The number of rotatable bonds is 7. The lowest BCUT2D eigenvalue weighted by Gasteiger charge is -2.30. The normalized spacial score (nSPS) is 19.4. The molecule has 41 heavy (non-hydrogen) atoms. The maximum absolute atomic E-state index is 11.0. The van der Waals surface area contributed by atoms with Crippen molar-refractivity contribution in [2.24, 2.45) is 0 Å². The zero-order chi connectivity index (χ0) is 28.5. The summed E-state index contributed by atoms with van der Waals surface area (Å²) in [5.41, 5.74) is 5.96. The van der Waals surface area contributed by atoms with Crippen LogP contribution in [0.1, 0.15) is 72.9 Å². The van der Waals surface area contributed by atoms with Gasteiger partial charge >= 0.3 is 0 Å². The summed E-state index contributed by atoms with van der Waals surface area (Å²) in [7, 11) is 0. The van der Waals surface area contributed by atoms with Crippen LogP contribution in [0.25, 0.3) is 0 Å². The Morgan fingerprint density at radius 2 is 1.66 bits per heavy atom. The zero-order valence-electron chi connectivity index (χ0n) is 23.2. The summed E-state index contributed by atoms with van der Waals surface area (Å²) in [6.07, 6.45) is 8.22. The van der Waals surface area contributed by atoms with E-state index < -0.39 is 0 Å². The largest absolute Gasteiger partial charge is 0.351 e. The molecule has 2 aliphatic rings. The third-order valence-electron chi connectivity index (χ3n) is 8.28. The minimum atomic E-state index is -0.378. The quantitative estimate of drug-likeness (QED) is 0.133. The number of nitro groups is 1. The van der Waals surface area contributed by atoms with Crippen molar-refractivity contribution >= 4 is 40.5 Å². The van der Waals surface area contributed by atoms with Crippen LogP contribution in [0.2, 0.25) is 0 Å².